The normalized spacial score (nSPS) is 16.7. The number of carbonyl (C=O) groups excluding carboxylic acids is 2. The molecule has 1 aliphatic rings. The minimum atomic E-state index is -0.423. The van der Waals surface area contributed by atoms with Crippen LogP contribution in [0.2, 0.25) is 5.02 Å². The third-order valence-corrected chi connectivity index (χ3v) is 5.16. The largest absolute Gasteiger partial charge is 0.312 e. The van der Waals surface area contributed by atoms with Gasteiger partial charge in [0.15, 0.2) is 0 Å². The Kier molecular flexibility index (Phi) is 5.31. The number of hydrogen-bond acceptors (Lipinski definition) is 4. The molecule has 3 aromatic rings. The van der Waals surface area contributed by atoms with E-state index in [2.05, 4.69) is 15.8 Å². The van der Waals surface area contributed by atoms with Crippen LogP contribution in [0.25, 0.3) is 10.9 Å². The molecular formula is C21H18ClFN4O2. The van der Waals surface area contributed by atoms with E-state index in [9.17, 15) is 14.0 Å². The minimum Gasteiger partial charge on any atom is -0.312 e. The molecule has 2 amide bonds. The second-order valence-electron chi connectivity index (χ2n) is 6.85. The van der Waals surface area contributed by atoms with Crippen molar-refractivity contribution in [1.29, 1.82) is 0 Å². The third-order valence-electron chi connectivity index (χ3n) is 4.93. The first-order valence-corrected chi connectivity index (χ1v) is 9.55. The Hall–Kier alpha value is -3.19. The summed E-state index contributed by atoms with van der Waals surface area (Å²) in [7, 11) is 0. The van der Waals surface area contributed by atoms with Crippen molar-refractivity contribution >= 4 is 45.7 Å². The molecule has 1 aliphatic heterocycles. The number of amides is 2. The van der Waals surface area contributed by atoms with Gasteiger partial charge >= 0.3 is 0 Å². The number of halogens is 2. The van der Waals surface area contributed by atoms with Crippen LogP contribution in [0.4, 0.5) is 15.8 Å². The summed E-state index contributed by atoms with van der Waals surface area (Å²) in [5.74, 6) is -1.19. The highest BCUT2D eigenvalue weighted by atomic mass is 35.5. The van der Waals surface area contributed by atoms with E-state index < -0.39 is 11.7 Å². The van der Waals surface area contributed by atoms with Crippen LogP contribution in [0, 0.1) is 11.7 Å². The molecule has 0 saturated carbocycles. The number of nitrogens with one attached hydrogen (secondary N) is 2. The molecule has 1 fully saturated rings. The molecule has 1 aromatic heterocycles. The Morgan fingerprint density at radius 1 is 1.21 bits per heavy atom. The number of hydrogen-bond donors (Lipinski definition) is 2. The molecule has 8 heteroatoms. The van der Waals surface area contributed by atoms with E-state index in [1.54, 1.807) is 36.5 Å². The summed E-state index contributed by atoms with van der Waals surface area (Å²) in [4.78, 5) is 30.7. The number of hydrazine groups is 1. The van der Waals surface area contributed by atoms with Gasteiger partial charge < -0.3 is 4.90 Å². The van der Waals surface area contributed by atoms with Crippen molar-refractivity contribution in [2.24, 2.45) is 5.92 Å². The topological polar surface area (TPSA) is 74.3 Å². The number of carbonyl (C=O) groups is 2. The molecule has 2 aromatic carbocycles. The summed E-state index contributed by atoms with van der Waals surface area (Å²) >= 11 is 6.00. The molecule has 0 radical (unpaired) electrons. The fourth-order valence-corrected chi connectivity index (χ4v) is 3.58. The van der Waals surface area contributed by atoms with Gasteiger partial charge in [-0.2, -0.15) is 0 Å². The summed E-state index contributed by atoms with van der Waals surface area (Å²) in [6.45, 7) is 0.197. The van der Waals surface area contributed by atoms with Gasteiger partial charge in [0.05, 0.1) is 17.1 Å². The summed E-state index contributed by atoms with van der Waals surface area (Å²) < 4.78 is 13.5. The molecule has 0 aliphatic carbocycles. The van der Waals surface area contributed by atoms with Crippen LogP contribution in [0.15, 0.2) is 54.7 Å². The number of pyridine rings is 1. The number of fused-ring (bicyclic) bond motifs is 1. The van der Waals surface area contributed by atoms with Crippen LogP contribution < -0.4 is 15.8 Å². The van der Waals surface area contributed by atoms with Crippen molar-refractivity contribution in [2.75, 3.05) is 16.9 Å². The molecule has 4 rings (SSSR count). The lowest BCUT2D eigenvalue weighted by Crippen LogP contribution is -2.47. The van der Waals surface area contributed by atoms with Gasteiger partial charge in [-0.1, -0.05) is 17.7 Å². The first-order valence-electron chi connectivity index (χ1n) is 9.17. The smallest absolute Gasteiger partial charge is 0.243 e. The van der Waals surface area contributed by atoms with Gasteiger partial charge in [0.25, 0.3) is 0 Å². The van der Waals surface area contributed by atoms with E-state index in [0.29, 0.717) is 28.3 Å². The molecule has 29 heavy (non-hydrogen) atoms. The highest BCUT2D eigenvalue weighted by Crippen LogP contribution is 2.26. The zero-order valence-electron chi connectivity index (χ0n) is 15.4. The maximum atomic E-state index is 13.5. The van der Waals surface area contributed by atoms with Crippen LogP contribution in [-0.4, -0.2) is 23.3 Å². The third kappa shape index (κ3) is 4.14. The first kappa shape index (κ1) is 19.1. The lowest BCUT2D eigenvalue weighted by atomic mass is 9.96. The van der Waals surface area contributed by atoms with E-state index >= 15 is 0 Å². The van der Waals surface area contributed by atoms with Gasteiger partial charge in [-0.05, 0) is 48.9 Å². The van der Waals surface area contributed by atoms with Gasteiger partial charge in [-0.3, -0.25) is 25.4 Å². The van der Waals surface area contributed by atoms with E-state index in [4.69, 9.17) is 11.6 Å². The van der Waals surface area contributed by atoms with Crippen molar-refractivity contribution < 1.29 is 14.0 Å². The molecule has 2 N–H and O–H groups in total. The Morgan fingerprint density at radius 2 is 2.07 bits per heavy atom. The van der Waals surface area contributed by atoms with E-state index in [1.807, 2.05) is 6.07 Å². The molecule has 0 bridgehead atoms. The quantitative estimate of drug-likeness (QED) is 0.637. The van der Waals surface area contributed by atoms with Gasteiger partial charge in [0.1, 0.15) is 5.82 Å². The summed E-state index contributed by atoms with van der Waals surface area (Å²) in [6.07, 6.45) is 2.29. The zero-order valence-corrected chi connectivity index (χ0v) is 16.1. The monoisotopic (exact) mass is 412 g/mol. The van der Waals surface area contributed by atoms with Crippen LogP contribution in [-0.2, 0) is 9.59 Å². The van der Waals surface area contributed by atoms with Crippen LogP contribution >= 0.6 is 11.6 Å². The van der Waals surface area contributed by atoms with Crippen molar-refractivity contribution in [3.63, 3.8) is 0 Å². The molecule has 1 unspecified atom stereocenters. The average molecular weight is 413 g/mol. The molecular weight excluding hydrogens is 395 g/mol. The van der Waals surface area contributed by atoms with Gasteiger partial charge in [-0.25, -0.2) is 4.39 Å². The van der Waals surface area contributed by atoms with Crippen LogP contribution in [0.5, 0.6) is 0 Å². The van der Waals surface area contributed by atoms with Crippen LogP contribution in [0.1, 0.15) is 12.8 Å². The maximum Gasteiger partial charge on any atom is 0.243 e. The molecule has 0 spiro atoms. The maximum absolute atomic E-state index is 13.5. The van der Waals surface area contributed by atoms with Gasteiger partial charge in [0, 0.05) is 35.3 Å². The standard InChI is InChI=1S/C21H18ClFN4O2/c22-14-5-6-17-18(8-9-24-19(17)10-14)25-26-21(29)13-4-7-20(28)27(12-13)16-3-1-2-15(23)11-16/h1-3,5-6,8-11,13H,4,7,12H2,(H,24,25)(H,26,29). The highest BCUT2D eigenvalue weighted by molar-refractivity contribution is 6.31. The lowest BCUT2D eigenvalue weighted by Gasteiger charge is -2.32. The molecule has 6 nitrogen and oxygen atoms in total. The zero-order chi connectivity index (χ0) is 20.4. The number of anilines is 2. The second-order valence-corrected chi connectivity index (χ2v) is 7.29. The van der Waals surface area contributed by atoms with Gasteiger partial charge in [0.2, 0.25) is 11.8 Å². The predicted molar refractivity (Wildman–Crippen MR) is 110 cm³/mol. The fourth-order valence-electron chi connectivity index (χ4n) is 3.41. The van der Waals surface area contributed by atoms with E-state index in [0.717, 1.165) is 5.39 Å². The summed E-state index contributed by atoms with van der Waals surface area (Å²) in [6, 6.07) is 12.9. The first-order chi connectivity index (χ1) is 14.0. The Bertz CT molecular complexity index is 1090. The lowest BCUT2D eigenvalue weighted by molar-refractivity contribution is -0.127. The Labute approximate surface area is 171 Å². The fraction of sp³-hybridized carbons (Fsp3) is 0.190. The summed E-state index contributed by atoms with van der Waals surface area (Å²) in [5.41, 5.74) is 7.50. The van der Waals surface area contributed by atoms with Crippen molar-refractivity contribution in [2.45, 2.75) is 12.8 Å². The minimum absolute atomic E-state index is 0.121. The number of benzene rings is 2. The number of aromatic nitrogens is 1. The Morgan fingerprint density at radius 3 is 2.90 bits per heavy atom. The van der Waals surface area contributed by atoms with Gasteiger partial charge in [-0.15, -0.1) is 0 Å². The second kappa shape index (κ2) is 8.05. The van der Waals surface area contributed by atoms with E-state index in [-0.39, 0.29) is 24.8 Å². The average Bonchev–Trinajstić information content (AvgIpc) is 2.72. The number of rotatable bonds is 4. The van der Waals surface area contributed by atoms with Crippen LogP contribution in [0.3, 0.4) is 0 Å². The van der Waals surface area contributed by atoms with Crippen molar-refractivity contribution in [3.05, 3.63) is 65.6 Å². The number of piperidine rings is 1. The molecule has 2 heterocycles. The highest BCUT2D eigenvalue weighted by Gasteiger charge is 2.31. The predicted octanol–water partition coefficient (Wildman–Crippen LogP) is 3.91. The van der Waals surface area contributed by atoms with Crippen molar-refractivity contribution in [1.82, 2.24) is 10.4 Å². The Balaban J connectivity index is 1.46. The van der Waals surface area contributed by atoms with Crippen molar-refractivity contribution in [3.8, 4) is 0 Å². The molecule has 1 atom stereocenters. The summed E-state index contributed by atoms with van der Waals surface area (Å²) in [5, 5.41) is 1.40. The number of nitrogens with zero attached hydrogens (tertiary/aromatic N) is 2. The SMILES string of the molecule is O=C(NNc1ccnc2cc(Cl)ccc12)C1CCC(=O)N(c2cccc(F)c2)C1. The van der Waals surface area contributed by atoms with E-state index in [1.165, 1.54) is 17.0 Å². The molecule has 148 valence electrons. The molecule has 1 saturated heterocycles.